The molecule has 0 unspecified atom stereocenters. The first-order valence-electron chi connectivity index (χ1n) is 9.46. The number of carbonyl (C=O) groups excluding carboxylic acids is 2. The monoisotopic (exact) mass is 415 g/mol. The second-order valence-electron chi connectivity index (χ2n) is 7.31. The molecule has 2 N–H and O–H groups in total. The van der Waals surface area contributed by atoms with E-state index in [1.807, 2.05) is 31.2 Å². The molecule has 2 aromatic carbocycles. The normalized spacial score (nSPS) is 15.0. The number of amides is 2. The van der Waals surface area contributed by atoms with Crippen molar-refractivity contribution < 1.29 is 18.0 Å². The quantitative estimate of drug-likeness (QED) is 0.784. The molecular weight excluding hydrogens is 390 g/mol. The van der Waals surface area contributed by atoms with Crippen LogP contribution < -0.4 is 10.0 Å². The molecule has 2 amide bonds. The van der Waals surface area contributed by atoms with E-state index in [0.717, 1.165) is 11.8 Å². The van der Waals surface area contributed by atoms with E-state index < -0.39 is 10.0 Å². The van der Waals surface area contributed by atoms with Crippen molar-refractivity contribution in [3.8, 4) is 0 Å². The highest BCUT2D eigenvalue weighted by atomic mass is 32.2. The van der Waals surface area contributed by atoms with E-state index in [2.05, 4.69) is 10.0 Å². The maximum absolute atomic E-state index is 12.7. The van der Waals surface area contributed by atoms with Gasteiger partial charge < -0.3 is 10.2 Å². The Hall–Kier alpha value is -2.87. The highest BCUT2D eigenvalue weighted by Crippen LogP contribution is 2.17. The Balaban J connectivity index is 1.54. The predicted molar refractivity (Wildman–Crippen MR) is 112 cm³/mol. The number of carbonyl (C=O) groups is 2. The van der Waals surface area contributed by atoms with Gasteiger partial charge in [0.2, 0.25) is 10.0 Å². The third-order valence-corrected chi connectivity index (χ3v) is 5.55. The fourth-order valence-corrected chi connectivity index (χ4v) is 3.96. The van der Waals surface area contributed by atoms with Crippen LogP contribution in [0.5, 0.6) is 0 Å². The molecule has 1 saturated heterocycles. The highest BCUT2D eigenvalue weighted by Gasteiger charge is 2.25. The topological polar surface area (TPSA) is 95.6 Å². The maximum atomic E-state index is 12.7. The number of benzene rings is 2. The molecule has 1 aliphatic rings. The van der Waals surface area contributed by atoms with Gasteiger partial charge in [-0.3, -0.25) is 14.3 Å². The summed E-state index contributed by atoms with van der Waals surface area (Å²) in [6.07, 6.45) is 2.46. The van der Waals surface area contributed by atoms with Gasteiger partial charge in [-0.05, 0) is 55.7 Å². The zero-order chi connectivity index (χ0) is 21.0. The van der Waals surface area contributed by atoms with Crippen molar-refractivity contribution in [2.75, 3.05) is 24.1 Å². The number of hydrogen-bond acceptors (Lipinski definition) is 4. The van der Waals surface area contributed by atoms with Crippen LogP contribution in [0.25, 0.3) is 0 Å². The molecule has 2 aromatic rings. The molecule has 0 saturated carbocycles. The second-order valence-corrected chi connectivity index (χ2v) is 9.05. The standard InChI is InChI=1S/C21H25N3O4S/c1-15-5-3-4-6-19(15)20(25)22-17-11-13-24(14-12-17)21(26)16-7-9-18(10-8-16)23-29(2,27)28/h3-10,17,23H,11-14H2,1-2H3,(H,22,25). The molecular formula is C21H25N3O4S. The third-order valence-electron chi connectivity index (χ3n) is 4.94. The fourth-order valence-electron chi connectivity index (χ4n) is 3.40. The first kappa shape index (κ1) is 20.9. The molecule has 0 radical (unpaired) electrons. The summed E-state index contributed by atoms with van der Waals surface area (Å²) in [5.74, 6) is -0.179. The van der Waals surface area contributed by atoms with E-state index in [4.69, 9.17) is 0 Å². The van der Waals surface area contributed by atoms with Crippen molar-refractivity contribution in [3.05, 3.63) is 65.2 Å². The zero-order valence-corrected chi connectivity index (χ0v) is 17.3. The number of nitrogens with one attached hydrogen (secondary N) is 2. The van der Waals surface area contributed by atoms with Crippen molar-refractivity contribution in [2.24, 2.45) is 0 Å². The fraction of sp³-hybridized carbons (Fsp3) is 0.333. The van der Waals surface area contributed by atoms with Crippen molar-refractivity contribution in [2.45, 2.75) is 25.8 Å². The molecule has 7 nitrogen and oxygen atoms in total. The summed E-state index contributed by atoms with van der Waals surface area (Å²) in [6.45, 7) is 3.02. The molecule has 0 atom stereocenters. The first-order chi connectivity index (χ1) is 13.7. The average Bonchev–Trinajstić information content (AvgIpc) is 2.68. The highest BCUT2D eigenvalue weighted by molar-refractivity contribution is 7.92. The summed E-state index contributed by atoms with van der Waals surface area (Å²) in [5.41, 5.74) is 2.54. The van der Waals surface area contributed by atoms with Crippen LogP contribution in [0, 0.1) is 6.92 Å². The molecule has 3 rings (SSSR count). The minimum absolute atomic E-state index is 0.0347. The summed E-state index contributed by atoms with van der Waals surface area (Å²) >= 11 is 0. The van der Waals surface area contributed by atoms with Crippen molar-refractivity contribution in [3.63, 3.8) is 0 Å². The van der Waals surface area contributed by atoms with Gasteiger partial charge in [-0.1, -0.05) is 18.2 Å². The number of piperidine rings is 1. The number of rotatable bonds is 5. The van der Waals surface area contributed by atoms with E-state index in [-0.39, 0.29) is 17.9 Å². The van der Waals surface area contributed by atoms with Gasteiger partial charge in [0.05, 0.1) is 6.26 Å². The van der Waals surface area contributed by atoms with Crippen molar-refractivity contribution in [1.29, 1.82) is 0 Å². The Morgan fingerprint density at radius 3 is 2.21 bits per heavy atom. The lowest BCUT2D eigenvalue weighted by Gasteiger charge is -2.32. The lowest BCUT2D eigenvalue weighted by atomic mass is 10.0. The Kier molecular flexibility index (Phi) is 6.22. The van der Waals surface area contributed by atoms with Crippen LogP contribution >= 0.6 is 0 Å². The molecule has 0 aliphatic carbocycles. The minimum atomic E-state index is -3.35. The largest absolute Gasteiger partial charge is 0.349 e. The number of nitrogens with zero attached hydrogens (tertiary/aromatic N) is 1. The summed E-state index contributed by atoms with van der Waals surface area (Å²) in [6, 6.07) is 13.9. The number of aryl methyl sites for hydroxylation is 1. The third kappa shape index (κ3) is 5.57. The minimum Gasteiger partial charge on any atom is -0.349 e. The van der Waals surface area contributed by atoms with Crippen LogP contribution in [0.15, 0.2) is 48.5 Å². The summed E-state index contributed by atoms with van der Waals surface area (Å²) in [7, 11) is -3.35. The van der Waals surface area contributed by atoms with E-state index in [1.54, 1.807) is 29.2 Å². The maximum Gasteiger partial charge on any atom is 0.253 e. The van der Waals surface area contributed by atoms with Gasteiger partial charge in [0.25, 0.3) is 11.8 Å². The molecule has 8 heteroatoms. The molecule has 29 heavy (non-hydrogen) atoms. The number of anilines is 1. The van der Waals surface area contributed by atoms with E-state index >= 15 is 0 Å². The molecule has 0 aromatic heterocycles. The Bertz CT molecular complexity index is 995. The molecule has 154 valence electrons. The summed E-state index contributed by atoms with van der Waals surface area (Å²) in [5, 5.41) is 3.06. The van der Waals surface area contributed by atoms with Gasteiger partial charge >= 0.3 is 0 Å². The van der Waals surface area contributed by atoms with E-state index in [1.165, 1.54) is 0 Å². The van der Waals surface area contributed by atoms with E-state index in [9.17, 15) is 18.0 Å². The van der Waals surface area contributed by atoms with Crippen LogP contribution in [0.1, 0.15) is 39.1 Å². The summed E-state index contributed by atoms with van der Waals surface area (Å²) in [4.78, 5) is 26.9. The Labute approximate surface area is 171 Å². The Morgan fingerprint density at radius 1 is 1.00 bits per heavy atom. The smallest absolute Gasteiger partial charge is 0.253 e. The van der Waals surface area contributed by atoms with Crippen LogP contribution in [0.3, 0.4) is 0 Å². The number of likely N-dealkylation sites (tertiary alicyclic amines) is 1. The zero-order valence-electron chi connectivity index (χ0n) is 16.5. The van der Waals surface area contributed by atoms with Gasteiger partial charge in [-0.2, -0.15) is 0 Å². The number of hydrogen-bond donors (Lipinski definition) is 2. The van der Waals surface area contributed by atoms with Gasteiger partial charge in [0.15, 0.2) is 0 Å². The van der Waals surface area contributed by atoms with Gasteiger partial charge in [-0.25, -0.2) is 8.42 Å². The lowest BCUT2D eigenvalue weighted by Crippen LogP contribution is -2.46. The molecule has 1 fully saturated rings. The Morgan fingerprint density at radius 2 is 1.62 bits per heavy atom. The predicted octanol–water partition coefficient (Wildman–Crippen LogP) is 2.40. The van der Waals surface area contributed by atoms with Crippen LogP contribution in [0.2, 0.25) is 0 Å². The SMILES string of the molecule is Cc1ccccc1C(=O)NC1CCN(C(=O)c2ccc(NS(C)(=O)=O)cc2)CC1. The molecule has 0 spiro atoms. The molecule has 1 heterocycles. The van der Waals surface area contributed by atoms with E-state index in [0.29, 0.717) is 42.7 Å². The van der Waals surface area contributed by atoms with Crippen LogP contribution in [0.4, 0.5) is 5.69 Å². The lowest BCUT2D eigenvalue weighted by molar-refractivity contribution is 0.0698. The second kappa shape index (κ2) is 8.65. The molecule has 0 bridgehead atoms. The number of sulfonamides is 1. The van der Waals surface area contributed by atoms with Gasteiger partial charge in [-0.15, -0.1) is 0 Å². The van der Waals surface area contributed by atoms with Gasteiger partial charge in [0, 0.05) is 35.9 Å². The van der Waals surface area contributed by atoms with Crippen molar-refractivity contribution in [1.82, 2.24) is 10.2 Å². The first-order valence-corrected chi connectivity index (χ1v) is 11.4. The van der Waals surface area contributed by atoms with Gasteiger partial charge in [0.1, 0.15) is 0 Å². The van der Waals surface area contributed by atoms with Crippen LogP contribution in [-0.2, 0) is 10.0 Å². The van der Waals surface area contributed by atoms with Crippen LogP contribution in [-0.4, -0.2) is 50.5 Å². The molecule has 1 aliphatic heterocycles. The summed E-state index contributed by atoms with van der Waals surface area (Å²) < 4.78 is 24.9. The average molecular weight is 416 g/mol. The van der Waals surface area contributed by atoms with Crippen molar-refractivity contribution >= 4 is 27.5 Å².